The molecule has 1 fully saturated rings. The lowest BCUT2D eigenvalue weighted by Crippen LogP contribution is -2.50. The quantitative estimate of drug-likeness (QED) is 0.654. The predicted molar refractivity (Wildman–Crippen MR) is 116 cm³/mol. The Balaban J connectivity index is 1.32. The van der Waals surface area contributed by atoms with Crippen molar-refractivity contribution >= 4 is 23.4 Å². The molecule has 0 atom stereocenters. The lowest BCUT2D eigenvalue weighted by atomic mass is 10.3. The maximum atomic E-state index is 12.6. The van der Waals surface area contributed by atoms with Gasteiger partial charge in [-0.2, -0.15) is 0 Å². The van der Waals surface area contributed by atoms with Crippen molar-refractivity contribution in [2.24, 2.45) is 0 Å². The van der Waals surface area contributed by atoms with Crippen LogP contribution in [0.15, 0.2) is 47.7 Å². The number of nitrogens with zero attached hydrogens (tertiary/aromatic N) is 7. The van der Waals surface area contributed by atoms with Crippen LogP contribution in [0.25, 0.3) is 0 Å². The Bertz CT molecular complexity index is 1120. The molecule has 3 aromatic heterocycles. The average Bonchev–Trinajstić information content (AvgIpc) is 2.76. The number of carbonyl (C=O) groups excluding carboxylic acids is 1. The maximum Gasteiger partial charge on any atom is 0.253 e. The van der Waals surface area contributed by atoms with Crippen LogP contribution >= 0.6 is 0 Å². The summed E-state index contributed by atoms with van der Waals surface area (Å²) in [5.41, 5.74) is 1.53. The highest BCUT2D eigenvalue weighted by Gasteiger charge is 2.22. The van der Waals surface area contributed by atoms with Crippen molar-refractivity contribution in [2.75, 3.05) is 36.4 Å². The van der Waals surface area contributed by atoms with E-state index in [1.54, 1.807) is 18.0 Å². The van der Waals surface area contributed by atoms with Gasteiger partial charge in [0.1, 0.15) is 12.4 Å². The first-order valence-electron chi connectivity index (χ1n) is 10.1. The summed E-state index contributed by atoms with van der Waals surface area (Å²) >= 11 is 0. The van der Waals surface area contributed by atoms with Crippen LogP contribution in [0.1, 0.15) is 11.3 Å². The minimum Gasteiger partial charge on any atom is -0.352 e. The highest BCUT2D eigenvalue weighted by atomic mass is 16.2. The zero-order valence-electron chi connectivity index (χ0n) is 17.5. The van der Waals surface area contributed by atoms with Gasteiger partial charge in [-0.05, 0) is 43.7 Å². The van der Waals surface area contributed by atoms with Crippen molar-refractivity contribution in [1.82, 2.24) is 29.6 Å². The third-order valence-corrected chi connectivity index (χ3v) is 5.10. The summed E-state index contributed by atoms with van der Waals surface area (Å²) in [6.45, 7) is 6.16. The lowest BCUT2D eigenvalue weighted by molar-refractivity contribution is -0.132. The third-order valence-electron chi connectivity index (χ3n) is 5.10. The molecule has 4 heterocycles. The number of rotatable bonds is 5. The van der Waals surface area contributed by atoms with Crippen LogP contribution in [-0.2, 0) is 11.3 Å². The van der Waals surface area contributed by atoms with Crippen molar-refractivity contribution in [2.45, 2.75) is 20.4 Å². The topological polar surface area (TPSA) is 109 Å². The van der Waals surface area contributed by atoms with Gasteiger partial charge in [0.25, 0.3) is 5.56 Å². The second kappa shape index (κ2) is 8.90. The molecule has 1 amide bonds. The van der Waals surface area contributed by atoms with E-state index >= 15 is 0 Å². The number of piperazine rings is 1. The van der Waals surface area contributed by atoms with Crippen LogP contribution < -0.4 is 15.8 Å². The van der Waals surface area contributed by atoms with Crippen LogP contribution in [0, 0.1) is 13.8 Å². The van der Waals surface area contributed by atoms with Crippen molar-refractivity contribution in [3.05, 3.63) is 64.5 Å². The fourth-order valence-electron chi connectivity index (χ4n) is 3.36. The van der Waals surface area contributed by atoms with Gasteiger partial charge < -0.3 is 15.1 Å². The Kier molecular flexibility index (Phi) is 5.87. The standard InChI is InChI=1S/C21H24N8O2/c1-15-5-6-22-18(11-15)24-17-3-4-19(26-25-17)27-7-9-28(10-8-27)21(31)13-29-14-23-16(2)12-20(29)30/h3-6,11-12,14H,7-10,13H2,1-2H3,(H,22,24,25). The zero-order chi connectivity index (χ0) is 21.8. The number of anilines is 3. The summed E-state index contributed by atoms with van der Waals surface area (Å²) in [4.78, 5) is 36.7. The summed E-state index contributed by atoms with van der Waals surface area (Å²) in [5, 5.41) is 11.7. The Morgan fingerprint density at radius 3 is 2.48 bits per heavy atom. The number of pyridine rings is 1. The van der Waals surface area contributed by atoms with Crippen LogP contribution in [0.5, 0.6) is 0 Å². The summed E-state index contributed by atoms with van der Waals surface area (Å²) < 4.78 is 1.34. The monoisotopic (exact) mass is 420 g/mol. The number of hydrogen-bond acceptors (Lipinski definition) is 8. The molecule has 0 aromatic carbocycles. The van der Waals surface area contributed by atoms with Crippen LogP contribution in [-0.4, -0.2) is 61.7 Å². The first kappa shape index (κ1) is 20.5. The highest BCUT2D eigenvalue weighted by Crippen LogP contribution is 2.17. The van der Waals surface area contributed by atoms with Gasteiger partial charge in [-0.25, -0.2) is 9.97 Å². The zero-order valence-corrected chi connectivity index (χ0v) is 17.5. The van der Waals surface area contributed by atoms with Crippen molar-refractivity contribution in [3.8, 4) is 0 Å². The fraction of sp³-hybridized carbons (Fsp3) is 0.333. The van der Waals surface area contributed by atoms with Crippen molar-refractivity contribution < 1.29 is 4.79 Å². The molecule has 0 aliphatic carbocycles. The van der Waals surface area contributed by atoms with E-state index in [4.69, 9.17) is 0 Å². The number of carbonyl (C=O) groups is 1. The van der Waals surface area contributed by atoms with E-state index in [9.17, 15) is 9.59 Å². The predicted octanol–water partition coefficient (Wildman–Crippen LogP) is 1.14. The van der Waals surface area contributed by atoms with Gasteiger partial charge in [0.15, 0.2) is 11.6 Å². The summed E-state index contributed by atoms with van der Waals surface area (Å²) in [7, 11) is 0. The molecule has 3 aromatic rings. The summed E-state index contributed by atoms with van der Waals surface area (Å²) in [6.07, 6.45) is 3.16. The molecule has 4 rings (SSSR count). The van der Waals surface area contributed by atoms with Gasteiger partial charge >= 0.3 is 0 Å². The average molecular weight is 420 g/mol. The summed E-state index contributed by atoms with van der Waals surface area (Å²) in [6, 6.07) is 9.06. The first-order valence-corrected chi connectivity index (χ1v) is 10.1. The smallest absolute Gasteiger partial charge is 0.253 e. The number of amides is 1. The molecule has 160 valence electrons. The Morgan fingerprint density at radius 2 is 1.81 bits per heavy atom. The van der Waals surface area contributed by atoms with E-state index in [-0.39, 0.29) is 18.0 Å². The first-order chi connectivity index (χ1) is 15.0. The van der Waals surface area contributed by atoms with E-state index < -0.39 is 0 Å². The molecule has 1 aliphatic heterocycles. The number of nitrogens with one attached hydrogen (secondary N) is 1. The molecule has 0 spiro atoms. The largest absolute Gasteiger partial charge is 0.352 e. The van der Waals surface area contributed by atoms with Crippen molar-refractivity contribution in [3.63, 3.8) is 0 Å². The maximum absolute atomic E-state index is 12.6. The minimum absolute atomic E-state index is 0.000713. The van der Waals surface area contributed by atoms with Gasteiger partial charge in [0.05, 0.1) is 6.33 Å². The van der Waals surface area contributed by atoms with Gasteiger partial charge in [-0.1, -0.05) is 0 Å². The molecule has 0 saturated carbocycles. The number of hydrogen-bond donors (Lipinski definition) is 1. The Hall–Kier alpha value is -3.82. The van der Waals surface area contributed by atoms with Gasteiger partial charge in [0, 0.05) is 44.1 Å². The van der Waals surface area contributed by atoms with Gasteiger partial charge in [-0.3, -0.25) is 14.2 Å². The second-order valence-corrected chi connectivity index (χ2v) is 7.48. The molecule has 10 nitrogen and oxygen atoms in total. The number of aromatic nitrogens is 5. The molecule has 0 unspecified atom stereocenters. The molecule has 31 heavy (non-hydrogen) atoms. The Morgan fingerprint density at radius 1 is 1.00 bits per heavy atom. The lowest BCUT2D eigenvalue weighted by Gasteiger charge is -2.35. The van der Waals surface area contributed by atoms with Crippen LogP contribution in [0.4, 0.5) is 17.5 Å². The highest BCUT2D eigenvalue weighted by molar-refractivity contribution is 5.76. The third kappa shape index (κ3) is 5.03. The Labute approximate surface area is 179 Å². The van der Waals surface area contributed by atoms with E-state index in [1.165, 1.54) is 17.0 Å². The van der Waals surface area contributed by atoms with E-state index in [0.717, 1.165) is 17.2 Å². The minimum atomic E-state index is -0.218. The second-order valence-electron chi connectivity index (χ2n) is 7.48. The van der Waals surface area contributed by atoms with Crippen LogP contribution in [0.2, 0.25) is 0 Å². The van der Waals surface area contributed by atoms with Crippen molar-refractivity contribution in [1.29, 1.82) is 0 Å². The molecule has 0 bridgehead atoms. The molecular formula is C21H24N8O2. The van der Waals surface area contributed by atoms with Gasteiger partial charge in [-0.15, -0.1) is 10.2 Å². The molecule has 1 aliphatic rings. The normalized spacial score (nSPS) is 13.9. The van der Waals surface area contributed by atoms with E-state index in [1.807, 2.05) is 31.2 Å². The number of aryl methyl sites for hydroxylation is 2. The molecule has 1 N–H and O–H groups in total. The van der Waals surface area contributed by atoms with E-state index in [0.29, 0.717) is 37.7 Å². The van der Waals surface area contributed by atoms with Crippen LogP contribution in [0.3, 0.4) is 0 Å². The van der Waals surface area contributed by atoms with Gasteiger partial charge in [0.2, 0.25) is 5.91 Å². The molecular weight excluding hydrogens is 396 g/mol. The molecule has 10 heteroatoms. The summed E-state index contributed by atoms with van der Waals surface area (Å²) in [5.74, 6) is 2.00. The molecule has 1 saturated heterocycles. The fourth-order valence-corrected chi connectivity index (χ4v) is 3.36. The molecule has 0 radical (unpaired) electrons. The van der Waals surface area contributed by atoms with E-state index in [2.05, 4.69) is 30.4 Å². The SMILES string of the molecule is Cc1ccnc(Nc2ccc(N3CCN(C(=O)Cn4cnc(C)cc4=O)CC3)nn2)c1.